The standard InChI is InChI=1S/C20H18ClNO3S2/c1-2-27(24,25)18-8-6-14(7-9-18)10-19(23)22-20-12-16(13-26-20)15-4-3-5-17(21)11-15/h3-9,11-13H,2,10H2,1H3,(H,22,23). The van der Waals surface area contributed by atoms with Crippen molar-refractivity contribution in [1.82, 2.24) is 0 Å². The van der Waals surface area contributed by atoms with Crippen molar-refractivity contribution >= 4 is 43.7 Å². The average molecular weight is 420 g/mol. The van der Waals surface area contributed by atoms with Crippen LogP contribution in [0.1, 0.15) is 12.5 Å². The summed E-state index contributed by atoms with van der Waals surface area (Å²) in [4.78, 5) is 12.6. The quantitative estimate of drug-likeness (QED) is 0.608. The van der Waals surface area contributed by atoms with Gasteiger partial charge in [0.25, 0.3) is 0 Å². The summed E-state index contributed by atoms with van der Waals surface area (Å²) in [6, 6.07) is 15.9. The van der Waals surface area contributed by atoms with Crippen LogP contribution in [-0.4, -0.2) is 20.1 Å². The summed E-state index contributed by atoms with van der Waals surface area (Å²) >= 11 is 7.46. The van der Waals surface area contributed by atoms with Crippen molar-refractivity contribution in [1.29, 1.82) is 0 Å². The Hall–Kier alpha value is -2.15. The van der Waals surface area contributed by atoms with E-state index in [4.69, 9.17) is 11.6 Å². The van der Waals surface area contributed by atoms with Gasteiger partial charge in [-0.25, -0.2) is 8.42 Å². The van der Waals surface area contributed by atoms with Gasteiger partial charge in [-0.15, -0.1) is 11.3 Å². The molecule has 1 N–H and O–H groups in total. The summed E-state index contributed by atoms with van der Waals surface area (Å²) in [6.45, 7) is 1.61. The zero-order valence-electron chi connectivity index (χ0n) is 14.6. The van der Waals surface area contributed by atoms with E-state index in [-0.39, 0.29) is 23.0 Å². The van der Waals surface area contributed by atoms with Gasteiger partial charge in [0, 0.05) is 10.4 Å². The molecule has 27 heavy (non-hydrogen) atoms. The van der Waals surface area contributed by atoms with Gasteiger partial charge < -0.3 is 5.32 Å². The molecule has 0 aliphatic rings. The summed E-state index contributed by atoms with van der Waals surface area (Å²) < 4.78 is 23.7. The van der Waals surface area contributed by atoms with Gasteiger partial charge in [0.1, 0.15) is 0 Å². The Bertz CT molecular complexity index is 1060. The molecule has 0 radical (unpaired) electrons. The topological polar surface area (TPSA) is 63.2 Å². The molecule has 0 spiro atoms. The molecule has 0 fully saturated rings. The van der Waals surface area contributed by atoms with E-state index >= 15 is 0 Å². The number of rotatable bonds is 6. The summed E-state index contributed by atoms with van der Waals surface area (Å²) in [7, 11) is -3.23. The first-order valence-corrected chi connectivity index (χ1v) is 11.2. The number of halogens is 1. The minimum atomic E-state index is -3.23. The third-order valence-corrected chi connectivity index (χ3v) is 6.88. The maximum atomic E-state index is 12.3. The zero-order chi connectivity index (χ0) is 19.4. The lowest BCUT2D eigenvalue weighted by atomic mass is 10.1. The van der Waals surface area contributed by atoms with Crippen LogP contribution in [0.4, 0.5) is 5.00 Å². The van der Waals surface area contributed by atoms with Gasteiger partial charge >= 0.3 is 0 Å². The van der Waals surface area contributed by atoms with Crippen LogP contribution in [0.5, 0.6) is 0 Å². The third kappa shape index (κ3) is 4.97. The molecule has 140 valence electrons. The van der Waals surface area contributed by atoms with Crippen molar-refractivity contribution in [2.24, 2.45) is 0 Å². The van der Waals surface area contributed by atoms with E-state index in [0.29, 0.717) is 5.02 Å². The number of amides is 1. The van der Waals surface area contributed by atoms with Crippen LogP contribution in [-0.2, 0) is 21.1 Å². The van der Waals surface area contributed by atoms with E-state index in [2.05, 4.69) is 5.32 Å². The molecule has 0 bridgehead atoms. The molecular formula is C20H18ClNO3S2. The lowest BCUT2D eigenvalue weighted by Crippen LogP contribution is -2.13. The maximum Gasteiger partial charge on any atom is 0.229 e. The summed E-state index contributed by atoms with van der Waals surface area (Å²) in [5.74, 6) is -0.0965. The van der Waals surface area contributed by atoms with Crippen LogP contribution in [0.2, 0.25) is 5.02 Å². The van der Waals surface area contributed by atoms with Crippen molar-refractivity contribution in [3.05, 3.63) is 70.6 Å². The minimum Gasteiger partial charge on any atom is -0.317 e. The fourth-order valence-corrected chi connectivity index (χ4v) is 4.47. The Kier molecular flexibility index (Phi) is 5.99. The molecular weight excluding hydrogens is 402 g/mol. The molecule has 7 heteroatoms. The van der Waals surface area contributed by atoms with E-state index in [1.54, 1.807) is 31.2 Å². The molecule has 3 rings (SSSR count). The molecule has 0 unspecified atom stereocenters. The van der Waals surface area contributed by atoms with E-state index < -0.39 is 9.84 Å². The molecule has 0 aliphatic carbocycles. The Morgan fingerprint density at radius 2 is 1.81 bits per heavy atom. The monoisotopic (exact) mass is 419 g/mol. The highest BCUT2D eigenvalue weighted by atomic mass is 35.5. The third-order valence-electron chi connectivity index (χ3n) is 4.05. The van der Waals surface area contributed by atoms with E-state index in [9.17, 15) is 13.2 Å². The van der Waals surface area contributed by atoms with E-state index in [1.807, 2.05) is 35.7 Å². The van der Waals surface area contributed by atoms with Crippen molar-refractivity contribution in [3.8, 4) is 11.1 Å². The van der Waals surface area contributed by atoms with Crippen LogP contribution in [0.25, 0.3) is 11.1 Å². The van der Waals surface area contributed by atoms with Crippen molar-refractivity contribution in [2.45, 2.75) is 18.2 Å². The Labute approximate surface area is 167 Å². The molecule has 0 aliphatic heterocycles. The molecule has 0 saturated carbocycles. The predicted octanol–water partition coefficient (Wildman–Crippen LogP) is 5.04. The van der Waals surface area contributed by atoms with Crippen LogP contribution in [0.15, 0.2) is 64.9 Å². The van der Waals surface area contributed by atoms with Gasteiger partial charge in [0.05, 0.1) is 22.1 Å². The summed E-state index contributed by atoms with van der Waals surface area (Å²) in [5.41, 5.74) is 2.74. The Morgan fingerprint density at radius 1 is 1.07 bits per heavy atom. The van der Waals surface area contributed by atoms with Gasteiger partial charge in [-0.05, 0) is 47.0 Å². The lowest BCUT2D eigenvalue weighted by molar-refractivity contribution is -0.115. The number of benzene rings is 2. The number of carbonyl (C=O) groups excluding carboxylic acids is 1. The number of thiophene rings is 1. The molecule has 2 aromatic carbocycles. The molecule has 1 heterocycles. The van der Waals surface area contributed by atoms with Gasteiger partial charge in [0.15, 0.2) is 9.84 Å². The molecule has 3 aromatic rings. The maximum absolute atomic E-state index is 12.3. The first-order valence-electron chi connectivity index (χ1n) is 8.33. The molecule has 0 saturated heterocycles. The number of anilines is 1. The smallest absolute Gasteiger partial charge is 0.229 e. The highest BCUT2D eigenvalue weighted by Gasteiger charge is 2.12. The van der Waals surface area contributed by atoms with Gasteiger partial charge in [-0.2, -0.15) is 0 Å². The fourth-order valence-electron chi connectivity index (χ4n) is 2.57. The zero-order valence-corrected chi connectivity index (χ0v) is 17.0. The normalized spacial score (nSPS) is 11.3. The first-order chi connectivity index (χ1) is 12.9. The Balaban J connectivity index is 1.65. The highest BCUT2D eigenvalue weighted by molar-refractivity contribution is 7.91. The fraction of sp³-hybridized carbons (Fsp3) is 0.150. The minimum absolute atomic E-state index is 0.0557. The second kappa shape index (κ2) is 8.25. The van der Waals surface area contributed by atoms with E-state index in [1.165, 1.54) is 11.3 Å². The highest BCUT2D eigenvalue weighted by Crippen LogP contribution is 2.30. The molecule has 0 atom stereocenters. The van der Waals surface area contributed by atoms with Crippen LogP contribution < -0.4 is 5.32 Å². The number of sulfone groups is 1. The number of carbonyl (C=O) groups is 1. The second-order valence-corrected chi connectivity index (χ2v) is 9.61. The van der Waals surface area contributed by atoms with Gasteiger partial charge in [0.2, 0.25) is 5.91 Å². The first kappa shape index (κ1) is 19.6. The predicted molar refractivity (Wildman–Crippen MR) is 111 cm³/mol. The molecule has 1 aromatic heterocycles. The SMILES string of the molecule is CCS(=O)(=O)c1ccc(CC(=O)Nc2cc(-c3cccc(Cl)c3)cs2)cc1. The molecule has 1 amide bonds. The van der Waals surface area contributed by atoms with Crippen molar-refractivity contribution in [3.63, 3.8) is 0 Å². The Morgan fingerprint density at radius 3 is 2.48 bits per heavy atom. The van der Waals surface area contributed by atoms with Gasteiger partial charge in [-0.1, -0.05) is 42.8 Å². The lowest BCUT2D eigenvalue weighted by Gasteiger charge is -2.05. The van der Waals surface area contributed by atoms with E-state index in [0.717, 1.165) is 21.7 Å². The largest absolute Gasteiger partial charge is 0.317 e. The van der Waals surface area contributed by atoms with Crippen LogP contribution in [0, 0.1) is 0 Å². The van der Waals surface area contributed by atoms with Crippen molar-refractivity contribution < 1.29 is 13.2 Å². The number of nitrogens with one attached hydrogen (secondary N) is 1. The second-order valence-electron chi connectivity index (χ2n) is 5.98. The summed E-state index contributed by atoms with van der Waals surface area (Å²) in [5, 5.41) is 6.26. The van der Waals surface area contributed by atoms with Crippen molar-refractivity contribution in [2.75, 3.05) is 11.1 Å². The van der Waals surface area contributed by atoms with Crippen LogP contribution in [0.3, 0.4) is 0 Å². The van der Waals surface area contributed by atoms with Crippen LogP contribution >= 0.6 is 22.9 Å². The number of hydrogen-bond acceptors (Lipinski definition) is 4. The van der Waals surface area contributed by atoms with Gasteiger partial charge in [-0.3, -0.25) is 4.79 Å². The average Bonchev–Trinajstić information content (AvgIpc) is 3.10. The molecule has 4 nitrogen and oxygen atoms in total. The summed E-state index contributed by atoms with van der Waals surface area (Å²) in [6.07, 6.45) is 0.177. The number of hydrogen-bond donors (Lipinski definition) is 1.